The van der Waals surface area contributed by atoms with Gasteiger partial charge in [-0.25, -0.2) is 0 Å². The fourth-order valence-electron chi connectivity index (χ4n) is 2.45. The number of hydrogen-bond acceptors (Lipinski definition) is 1. The highest BCUT2D eigenvalue weighted by Gasteiger charge is 2.10. The lowest BCUT2D eigenvalue weighted by Gasteiger charge is -2.16. The molecule has 2 heteroatoms. The van der Waals surface area contributed by atoms with E-state index in [1.54, 1.807) is 0 Å². The van der Waals surface area contributed by atoms with Gasteiger partial charge in [0, 0.05) is 17.4 Å². The maximum Gasteiger partial charge on any atom is 0.0833 e. The minimum Gasteiger partial charge on any atom is -0.390 e. The lowest BCUT2D eigenvalue weighted by atomic mass is 10.1. The molecular formula is C16H21NO. The first-order valence-corrected chi connectivity index (χ1v) is 6.56. The Bertz CT molecular complexity index is 485. The van der Waals surface area contributed by atoms with Crippen LogP contribution in [-0.2, 0) is 19.4 Å². The molecule has 2 rings (SSSR count). The summed E-state index contributed by atoms with van der Waals surface area (Å²) in [6.07, 6.45) is 2.06. The van der Waals surface area contributed by atoms with Crippen molar-refractivity contribution in [1.82, 2.24) is 4.57 Å². The molecule has 0 fully saturated rings. The van der Waals surface area contributed by atoms with Crippen molar-refractivity contribution in [2.24, 2.45) is 0 Å². The van der Waals surface area contributed by atoms with Crippen molar-refractivity contribution in [3.63, 3.8) is 0 Å². The Balaban J connectivity index is 2.12. The molecule has 0 unspecified atom stereocenters. The van der Waals surface area contributed by atoms with Crippen molar-refractivity contribution in [3.8, 4) is 0 Å². The second-order valence-electron chi connectivity index (χ2n) is 4.92. The van der Waals surface area contributed by atoms with Crippen LogP contribution < -0.4 is 0 Å². The van der Waals surface area contributed by atoms with E-state index < -0.39 is 0 Å². The topological polar surface area (TPSA) is 25.2 Å². The molecule has 2 nitrogen and oxygen atoms in total. The minimum atomic E-state index is 0.115. The van der Waals surface area contributed by atoms with Crippen molar-refractivity contribution < 1.29 is 5.11 Å². The van der Waals surface area contributed by atoms with E-state index in [1.807, 2.05) is 12.1 Å². The number of nitrogens with zero attached hydrogens (tertiary/aromatic N) is 1. The van der Waals surface area contributed by atoms with Crippen LogP contribution in [0.5, 0.6) is 0 Å². The number of aliphatic hydroxyl groups excluding tert-OH is 1. The van der Waals surface area contributed by atoms with Crippen molar-refractivity contribution >= 4 is 0 Å². The Hall–Kier alpha value is -1.54. The highest BCUT2D eigenvalue weighted by Crippen LogP contribution is 2.18. The highest BCUT2D eigenvalue weighted by atomic mass is 16.3. The zero-order valence-corrected chi connectivity index (χ0v) is 11.1. The number of benzene rings is 1. The van der Waals surface area contributed by atoms with Gasteiger partial charge in [0.15, 0.2) is 0 Å². The van der Waals surface area contributed by atoms with Gasteiger partial charge in [-0.1, -0.05) is 30.3 Å². The fourth-order valence-corrected chi connectivity index (χ4v) is 2.45. The average Bonchev–Trinajstić information content (AvgIpc) is 2.80. The molecule has 0 saturated carbocycles. The molecule has 0 radical (unpaired) electrons. The lowest BCUT2D eigenvalue weighted by Crippen LogP contribution is -2.10. The van der Waals surface area contributed by atoms with Gasteiger partial charge < -0.3 is 9.67 Å². The molecule has 0 amide bonds. The second-order valence-corrected chi connectivity index (χ2v) is 4.92. The molecule has 0 aliphatic rings. The summed E-state index contributed by atoms with van der Waals surface area (Å²) < 4.78 is 2.24. The van der Waals surface area contributed by atoms with E-state index in [1.165, 1.54) is 11.3 Å². The van der Waals surface area contributed by atoms with Gasteiger partial charge in [-0.2, -0.15) is 0 Å². The summed E-state index contributed by atoms with van der Waals surface area (Å²) >= 11 is 0. The van der Waals surface area contributed by atoms with Gasteiger partial charge in [0.05, 0.1) is 6.61 Å². The standard InChI is InChI=1S/C16H21NO/c1-13(2)17-15(10-11-16(17)12-18)9-8-14-6-4-3-5-7-14/h3-7,10-11,13,18H,8-9,12H2,1-2H3. The Kier molecular flexibility index (Phi) is 4.21. The Morgan fingerprint density at radius 2 is 1.61 bits per heavy atom. The second kappa shape index (κ2) is 5.87. The average molecular weight is 243 g/mol. The predicted octanol–water partition coefficient (Wildman–Crippen LogP) is 3.35. The van der Waals surface area contributed by atoms with Crippen molar-refractivity contribution in [1.29, 1.82) is 0 Å². The van der Waals surface area contributed by atoms with Gasteiger partial charge in [0.2, 0.25) is 0 Å². The van der Waals surface area contributed by atoms with Crippen molar-refractivity contribution in [3.05, 3.63) is 59.4 Å². The lowest BCUT2D eigenvalue weighted by molar-refractivity contribution is 0.267. The molecule has 18 heavy (non-hydrogen) atoms. The summed E-state index contributed by atoms with van der Waals surface area (Å²) in [5.74, 6) is 0. The molecule has 0 bridgehead atoms. The molecule has 1 heterocycles. The van der Waals surface area contributed by atoms with Crippen LogP contribution in [0.1, 0.15) is 36.8 Å². The van der Waals surface area contributed by atoms with E-state index in [0.717, 1.165) is 18.5 Å². The van der Waals surface area contributed by atoms with Gasteiger partial charge >= 0.3 is 0 Å². The minimum absolute atomic E-state index is 0.115. The third-order valence-corrected chi connectivity index (χ3v) is 3.28. The quantitative estimate of drug-likeness (QED) is 0.856. The fraction of sp³-hybridized carbons (Fsp3) is 0.375. The zero-order chi connectivity index (χ0) is 13.0. The van der Waals surface area contributed by atoms with E-state index in [-0.39, 0.29) is 6.61 Å². The summed E-state index contributed by atoms with van der Waals surface area (Å²) in [6, 6.07) is 15.1. The molecule has 2 aromatic rings. The van der Waals surface area contributed by atoms with Crippen LogP contribution in [0.25, 0.3) is 0 Å². The summed E-state index contributed by atoms with van der Waals surface area (Å²) in [6.45, 7) is 4.43. The largest absolute Gasteiger partial charge is 0.390 e. The van der Waals surface area contributed by atoms with E-state index in [4.69, 9.17) is 0 Å². The number of aliphatic hydroxyl groups is 1. The molecule has 0 aliphatic heterocycles. The Labute approximate surface area is 109 Å². The third-order valence-electron chi connectivity index (χ3n) is 3.28. The van der Waals surface area contributed by atoms with Crippen molar-refractivity contribution in [2.45, 2.75) is 39.3 Å². The predicted molar refractivity (Wildman–Crippen MR) is 74.6 cm³/mol. The molecule has 0 aliphatic carbocycles. The third kappa shape index (κ3) is 2.82. The van der Waals surface area contributed by atoms with Crippen LogP contribution in [0.4, 0.5) is 0 Å². The van der Waals surface area contributed by atoms with Crippen LogP contribution in [0.2, 0.25) is 0 Å². The molecule has 0 saturated heterocycles. The van der Waals surface area contributed by atoms with Crippen LogP contribution in [0.15, 0.2) is 42.5 Å². The number of hydrogen-bond donors (Lipinski definition) is 1. The molecule has 96 valence electrons. The Morgan fingerprint density at radius 3 is 2.22 bits per heavy atom. The molecule has 1 N–H and O–H groups in total. The molecule has 0 atom stereocenters. The van der Waals surface area contributed by atoms with Gasteiger partial charge in [-0.15, -0.1) is 0 Å². The van der Waals surface area contributed by atoms with Crippen LogP contribution in [0.3, 0.4) is 0 Å². The SMILES string of the molecule is CC(C)n1c(CO)ccc1CCc1ccccc1. The normalized spacial score (nSPS) is 11.1. The van der Waals surface area contributed by atoms with Gasteiger partial charge in [0.1, 0.15) is 0 Å². The maximum absolute atomic E-state index is 9.35. The number of aryl methyl sites for hydroxylation is 2. The van der Waals surface area contributed by atoms with Gasteiger partial charge in [-0.05, 0) is 44.4 Å². The first kappa shape index (κ1) is 12.9. The summed E-state index contributed by atoms with van der Waals surface area (Å²) in [5.41, 5.74) is 3.67. The number of aromatic nitrogens is 1. The maximum atomic E-state index is 9.35. The summed E-state index contributed by atoms with van der Waals surface area (Å²) in [4.78, 5) is 0. The molecular weight excluding hydrogens is 222 g/mol. The smallest absolute Gasteiger partial charge is 0.0833 e. The monoisotopic (exact) mass is 243 g/mol. The van der Waals surface area contributed by atoms with Gasteiger partial charge in [0.25, 0.3) is 0 Å². The molecule has 1 aromatic carbocycles. The van der Waals surface area contributed by atoms with Gasteiger partial charge in [-0.3, -0.25) is 0 Å². The van der Waals surface area contributed by atoms with E-state index in [9.17, 15) is 5.11 Å². The summed E-state index contributed by atoms with van der Waals surface area (Å²) in [7, 11) is 0. The van der Waals surface area contributed by atoms with Crippen LogP contribution >= 0.6 is 0 Å². The van der Waals surface area contributed by atoms with Crippen molar-refractivity contribution in [2.75, 3.05) is 0 Å². The van der Waals surface area contributed by atoms with E-state index >= 15 is 0 Å². The zero-order valence-electron chi connectivity index (χ0n) is 11.1. The Morgan fingerprint density at radius 1 is 0.944 bits per heavy atom. The van der Waals surface area contributed by atoms with Crippen LogP contribution in [0, 0.1) is 0 Å². The highest BCUT2D eigenvalue weighted by molar-refractivity contribution is 5.20. The molecule has 1 aromatic heterocycles. The first-order chi connectivity index (χ1) is 8.72. The molecule has 0 spiro atoms. The number of rotatable bonds is 5. The summed E-state index contributed by atoms with van der Waals surface area (Å²) in [5, 5.41) is 9.35. The van der Waals surface area contributed by atoms with E-state index in [2.05, 4.69) is 48.7 Å². The van der Waals surface area contributed by atoms with Crippen LogP contribution in [-0.4, -0.2) is 9.67 Å². The first-order valence-electron chi connectivity index (χ1n) is 6.56. The van der Waals surface area contributed by atoms with E-state index in [0.29, 0.717) is 6.04 Å².